The molecule has 118 valence electrons. The Morgan fingerprint density at radius 3 is 2.09 bits per heavy atom. The van der Waals surface area contributed by atoms with E-state index in [9.17, 15) is 13.2 Å². The first-order chi connectivity index (χ1) is 10.5. The molecule has 0 saturated heterocycles. The predicted octanol–water partition coefficient (Wildman–Crippen LogP) is 3.49. The monoisotopic (exact) mass is 309 g/mol. The van der Waals surface area contributed by atoms with Crippen molar-refractivity contribution in [2.75, 3.05) is 6.54 Å². The van der Waals surface area contributed by atoms with Crippen LogP contribution in [-0.2, 0) is 13.0 Å². The summed E-state index contributed by atoms with van der Waals surface area (Å²) in [7, 11) is 0. The van der Waals surface area contributed by atoms with Crippen LogP contribution in [0.2, 0.25) is 0 Å². The van der Waals surface area contributed by atoms with Gasteiger partial charge in [0.15, 0.2) is 17.5 Å². The summed E-state index contributed by atoms with van der Waals surface area (Å²) in [5, 5.41) is 12.1. The maximum atomic E-state index is 13.2. The number of aliphatic hydroxyl groups excluding tert-OH is 1. The van der Waals surface area contributed by atoms with Crippen LogP contribution in [0.25, 0.3) is 0 Å². The van der Waals surface area contributed by atoms with Crippen molar-refractivity contribution in [1.29, 1.82) is 0 Å². The SMILES string of the molecule is CC(NCCc1ccc(CO)cc1)c1cc(F)c(F)c(F)c1. The summed E-state index contributed by atoms with van der Waals surface area (Å²) >= 11 is 0. The zero-order chi connectivity index (χ0) is 16.1. The van der Waals surface area contributed by atoms with Gasteiger partial charge in [-0.1, -0.05) is 24.3 Å². The van der Waals surface area contributed by atoms with Gasteiger partial charge in [0.2, 0.25) is 0 Å². The highest BCUT2D eigenvalue weighted by molar-refractivity contribution is 5.23. The Kier molecular flexibility index (Phi) is 5.57. The first-order valence-corrected chi connectivity index (χ1v) is 7.07. The molecule has 0 saturated carbocycles. The average Bonchev–Trinajstić information content (AvgIpc) is 2.52. The molecule has 1 atom stereocenters. The van der Waals surface area contributed by atoms with Crippen LogP contribution in [0.5, 0.6) is 0 Å². The van der Waals surface area contributed by atoms with E-state index < -0.39 is 17.5 Å². The van der Waals surface area contributed by atoms with Gasteiger partial charge in [-0.05, 0) is 48.7 Å². The molecule has 0 aliphatic carbocycles. The van der Waals surface area contributed by atoms with Gasteiger partial charge in [0.1, 0.15) is 0 Å². The molecular formula is C17H18F3NO. The maximum absolute atomic E-state index is 13.2. The second kappa shape index (κ2) is 7.42. The van der Waals surface area contributed by atoms with E-state index in [1.54, 1.807) is 6.92 Å². The van der Waals surface area contributed by atoms with Crippen LogP contribution in [0.4, 0.5) is 13.2 Å². The van der Waals surface area contributed by atoms with Crippen LogP contribution >= 0.6 is 0 Å². The molecule has 0 spiro atoms. The first-order valence-electron chi connectivity index (χ1n) is 7.07. The zero-order valence-electron chi connectivity index (χ0n) is 12.2. The predicted molar refractivity (Wildman–Crippen MR) is 78.8 cm³/mol. The highest BCUT2D eigenvalue weighted by Gasteiger charge is 2.14. The lowest BCUT2D eigenvalue weighted by molar-refractivity contribution is 0.282. The molecule has 2 rings (SSSR count). The molecule has 2 aromatic rings. The number of nitrogens with one attached hydrogen (secondary N) is 1. The molecule has 2 aromatic carbocycles. The van der Waals surface area contributed by atoms with E-state index in [-0.39, 0.29) is 12.6 Å². The second-order valence-electron chi connectivity index (χ2n) is 5.20. The van der Waals surface area contributed by atoms with E-state index in [1.807, 2.05) is 24.3 Å². The summed E-state index contributed by atoms with van der Waals surface area (Å²) in [5.74, 6) is -3.80. The number of hydrogen-bond acceptors (Lipinski definition) is 2. The van der Waals surface area contributed by atoms with Crippen molar-refractivity contribution < 1.29 is 18.3 Å². The first kappa shape index (κ1) is 16.5. The van der Waals surface area contributed by atoms with Crippen LogP contribution in [0.3, 0.4) is 0 Å². The molecule has 0 aliphatic rings. The van der Waals surface area contributed by atoms with Crippen molar-refractivity contribution >= 4 is 0 Å². The van der Waals surface area contributed by atoms with Crippen LogP contribution in [0.1, 0.15) is 29.7 Å². The molecule has 5 heteroatoms. The van der Waals surface area contributed by atoms with Crippen molar-refractivity contribution in [1.82, 2.24) is 5.32 Å². The highest BCUT2D eigenvalue weighted by Crippen LogP contribution is 2.19. The summed E-state index contributed by atoms with van der Waals surface area (Å²) in [5.41, 5.74) is 2.31. The summed E-state index contributed by atoms with van der Waals surface area (Å²) in [6, 6.07) is 9.27. The Hall–Kier alpha value is -1.85. The molecule has 2 N–H and O–H groups in total. The van der Waals surface area contributed by atoms with Gasteiger partial charge in [0.05, 0.1) is 6.61 Å². The quantitative estimate of drug-likeness (QED) is 0.801. The summed E-state index contributed by atoms with van der Waals surface area (Å²) in [6.07, 6.45) is 0.738. The van der Waals surface area contributed by atoms with Crippen molar-refractivity contribution in [2.24, 2.45) is 0 Å². The van der Waals surface area contributed by atoms with E-state index >= 15 is 0 Å². The molecular weight excluding hydrogens is 291 g/mol. The molecule has 0 radical (unpaired) electrons. The number of benzene rings is 2. The van der Waals surface area contributed by atoms with E-state index in [1.165, 1.54) is 0 Å². The van der Waals surface area contributed by atoms with Crippen LogP contribution in [0.15, 0.2) is 36.4 Å². The van der Waals surface area contributed by atoms with Crippen LogP contribution in [-0.4, -0.2) is 11.7 Å². The molecule has 0 aliphatic heterocycles. The van der Waals surface area contributed by atoms with Gasteiger partial charge >= 0.3 is 0 Å². The third-order valence-corrected chi connectivity index (χ3v) is 3.58. The fraction of sp³-hybridized carbons (Fsp3) is 0.294. The minimum Gasteiger partial charge on any atom is -0.392 e. The van der Waals surface area contributed by atoms with Crippen LogP contribution < -0.4 is 5.32 Å². The van der Waals surface area contributed by atoms with Gasteiger partial charge in [0, 0.05) is 6.04 Å². The number of rotatable bonds is 6. The molecule has 0 amide bonds. The third kappa shape index (κ3) is 4.08. The Morgan fingerprint density at radius 2 is 1.55 bits per heavy atom. The van der Waals surface area contributed by atoms with Gasteiger partial charge in [-0.15, -0.1) is 0 Å². The summed E-state index contributed by atoms with van der Waals surface area (Å²) in [6.45, 7) is 2.39. The molecule has 0 bridgehead atoms. The van der Waals surface area contributed by atoms with Gasteiger partial charge in [-0.2, -0.15) is 0 Å². The minimum absolute atomic E-state index is 0.0112. The lowest BCUT2D eigenvalue weighted by atomic mass is 10.1. The molecule has 22 heavy (non-hydrogen) atoms. The van der Waals surface area contributed by atoms with Crippen LogP contribution in [0, 0.1) is 17.5 Å². The fourth-order valence-corrected chi connectivity index (χ4v) is 2.19. The number of halogens is 3. The standard InChI is InChI=1S/C17H18F3NO/c1-11(14-8-15(18)17(20)16(19)9-14)21-7-6-12-2-4-13(10-22)5-3-12/h2-5,8-9,11,21-22H,6-7,10H2,1H3. The normalized spacial score (nSPS) is 12.4. The van der Waals surface area contributed by atoms with Crippen molar-refractivity contribution in [3.8, 4) is 0 Å². The van der Waals surface area contributed by atoms with Crippen molar-refractivity contribution in [3.05, 3.63) is 70.5 Å². The molecule has 0 fully saturated rings. The highest BCUT2D eigenvalue weighted by atomic mass is 19.2. The van der Waals surface area contributed by atoms with E-state index in [0.29, 0.717) is 12.1 Å². The number of aliphatic hydroxyl groups is 1. The van der Waals surface area contributed by atoms with Gasteiger partial charge < -0.3 is 10.4 Å². The van der Waals surface area contributed by atoms with E-state index in [2.05, 4.69) is 5.32 Å². The van der Waals surface area contributed by atoms with Gasteiger partial charge in [0.25, 0.3) is 0 Å². The smallest absolute Gasteiger partial charge is 0.194 e. The van der Waals surface area contributed by atoms with Gasteiger partial charge in [-0.25, -0.2) is 13.2 Å². The summed E-state index contributed by atoms with van der Waals surface area (Å²) < 4.78 is 39.3. The lowest BCUT2D eigenvalue weighted by Gasteiger charge is -2.15. The zero-order valence-corrected chi connectivity index (χ0v) is 12.2. The molecule has 1 unspecified atom stereocenters. The van der Waals surface area contributed by atoms with E-state index in [0.717, 1.165) is 29.7 Å². The third-order valence-electron chi connectivity index (χ3n) is 3.58. The van der Waals surface area contributed by atoms with Crippen molar-refractivity contribution in [3.63, 3.8) is 0 Å². The molecule has 0 aromatic heterocycles. The molecule has 2 nitrogen and oxygen atoms in total. The van der Waals surface area contributed by atoms with Gasteiger partial charge in [-0.3, -0.25) is 0 Å². The molecule has 0 heterocycles. The topological polar surface area (TPSA) is 32.3 Å². The largest absolute Gasteiger partial charge is 0.392 e. The van der Waals surface area contributed by atoms with E-state index in [4.69, 9.17) is 5.11 Å². The van der Waals surface area contributed by atoms with Crippen molar-refractivity contribution in [2.45, 2.75) is 26.0 Å². The number of hydrogen-bond donors (Lipinski definition) is 2. The Bertz CT molecular complexity index is 605. The Balaban J connectivity index is 1.90. The lowest BCUT2D eigenvalue weighted by Crippen LogP contribution is -2.21. The fourth-order valence-electron chi connectivity index (χ4n) is 2.19. The summed E-state index contributed by atoms with van der Waals surface area (Å²) in [4.78, 5) is 0. The average molecular weight is 309 g/mol. The second-order valence-corrected chi connectivity index (χ2v) is 5.20. The Labute approximate surface area is 127 Å². The maximum Gasteiger partial charge on any atom is 0.194 e. The Morgan fingerprint density at radius 1 is 1.00 bits per heavy atom. The minimum atomic E-state index is -1.44.